The molecule has 0 nitrogen and oxygen atoms in total. The second-order valence-electron chi connectivity index (χ2n) is 4.95. The first-order valence-corrected chi connectivity index (χ1v) is 6.68. The van der Waals surface area contributed by atoms with Gasteiger partial charge in [-0.1, -0.05) is 51.5 Å². The van der Waals surface area contributed by atoms with Crippen LogP contribution in [0.15, 0.2) is 48.6 Å². The minimum absolute atomic E-state index is 0.960. The first-order valence-electron chi connectivity index (χ1n) is 6.68. The third-order valence-corrected chi connectivity index (χ3v) is 3.04. The van der Waals surface area contributed by atoms with Crippen LogP contribution >= 0.6 is 0 Å². The molecule has 0 radical (unpaired) electrons. The summed E-state index contributed by atoms with van der Waals surface area (Å²) in [7, 11) is 0. The van der Waals surface area contributed by atoms with Gasteiger partial charge in [0.2, 0.25) is 0 Å². The Morgan fingerprint density at radius 1 is 0.765 bits per heavy atom. The van der Waals surface area contributed by atoms with Gasteiger partial charge in [-0.25, -0.2) is 0 Å². The van der Waals surface area contributed by atoms with E-state index in [2.05, 4.69) is 40.2 Å². The maximum Gasteiger partial charge on any atom is -0.0242 e. The number of allylic oxidation sites excluding steroid dienone is 4. The Morgan fingerprint density at radius 2 is 1.35 bits per heavy atom. The molecule has 0 heteroatoms. The van der Waals surface area contributed by atoms with E-state index in [-0.39, 0.29) is 0 Å². The standard InChI is InChI=1S/C17H28/c1-7-8-9-10-11-15(4)17(6)16(5)13-12-14(2)3/h2,4-13H2,1,3H3. The Kier molecular flexibility index (Phi) is 8.49. The number of rotatable bonds is 10. The highest BCUT2D eigenvalue weighted by atomic mass is 14.1. The Hall–Kier alpha value is -1.04. The summed E-state index contributed by atoms with van der Waals surface area (Å²) in [5.41, 5.74) is 4.54. The van der Waals surface area contributed by atoms with Crippen LogP contribution in [0.1, 0.15) is 58.8 Å². The molecule has 0 N–H and O–H groups in total. The van der Waals surface area contributed by atoms with Crippen molar-refractivity contribution in [2.45, 2.75) is 58.8 Å². The van der Waals surface area contributed by atoms with Crippen molar-refractivity contribution >= 4 is 0 Å². The fraction of sp³-hybridized carbons (Fsp3) is 0.529. The molecule has 0 aromatic carbocycles. The van der Waals surface area contributed by atoms with E-state index in [4.69, 9.17) is 0 Å². The Morgan fingerprint density at radius 3 is 1.88 bits per heavy atom. The lowest BCUT2D eigenvalue weighted by Crippen LogP contribution is -1.93. The van der Waals surface area contributed by atoms with Crippen molar-refractivity contribution in [2.24, 2.45) is 0 Å². The summed E-state index contributed by atoms with van der Waals surface area (Å²) in [6, 6.07) is 0. The molecular formula is C17H28. The molecule has 0 aromatic rings. The molecule has 0 unspecified atom stereocenters. The van der Waals surface area contributed by atoms with E-state index < -0.39 is 0 Å². The lowest BCUT2D eigenvalue weighted by Gasteiger charge is -2.12. The van der Waals surface area contributed by atoms with Gasteiger partial charge in [-0.3, -0.25) is 0 Å². The van der Waals surface area contributed by atoms with E-state index >= 15 is 0 Å². The van der Waals surface area contributed by atoms with Crippen molar-refractivity contribution in [3.8, 4) is 0 Å². The summed E-state index contributed by atoms with van der Waals surface area (Å²) in [6.45, 7) is 20.5. The average Bonchev–Trinajstić information content (AvgIpc) is 2.30. The lowest BCUT2D eigenvalue weighted by atomic mass is 9.93. The van der Waals surface area contributed by atoms with E-state index in [0.29, 0.717) is 0 Å². The van der Waals surface area contributed by atoms with Crippen LogP contribution in [0, 0.1) is 0 Å². The van der Waals surface area contributed by atoms with Gasteiger partial charge < -0.3 is 0 Å². The van der Waals surface area contributed by atoms with Gasteiger partial charge in [0, 0.05) is 0 Å². The number of hydrogen-bond donors (Lipinski definition) is 0. The molecule has 0 aliphatic heterocycles. The van der Waals surface area contributed by atoms with Crippen molar-refractivity contribution in [2.75, 3.05) is 0 Å². The molecule has 0 saturated heterocycles. The molecule has 0 aromatic heterocycles. The van der Waals surface area contributed by atoms with Gasteiger partial charge in [0.05, 0.1) is 0 Å². The van der Waals surface area contributed by atoms with Gasteiger partial charge in [0.1, 0.15) is 0 Å². The summed E-state index contributed by atoms with van der Waals surface area (Å²) >= 11 is 0. The van der Waals surface area contributed by atoms with Crippen molar-refractivity contribution < 1.29 is 0 Å². The Balaban J connectivity index is 3.91. The van der Waals surface area contributed by atoms with E-state index in [0.717, 1.165) is 36.0 Å². The van der Waals surface area contributed by atoms with Crippen LogP contribution in [0.3, 0.4) is 0 Å². The van der Waals surface area contributed by atoms with Gasteiger partial charge in [-0.2, -0.15) is 0 Å². The van der Waals surface area contributed by atoms with Crippen molar-refractivity contribution in [3.63, 3.8) is 0 Å². The van der Waals surface area contributed by atoms with Gasteiger partial charge in [0.25, 0.3) is 0 Å². The van der Waals surface area contributed by atoms with Gasteiger partial charge >= 0.3 is 0 Å². The third-order valence-electron chi connectivity index (χ3n) is 3.04. The molecule has 0 bridgehead atoms. The SMILES string of the molecule is C=C(C)CCC(=C)C(=C)C(=C)CCCCCC. The zero-order chi connectivity index (χ0) is 13.3. The smallest absolute Gasteiger partial charge is 0.0242 e. The van der Waals surface area contributed by atoms with Crippen LogP contribution < -0.4 is 0 Å². The molecule has 0 aliphatic carbocycles. The molecule has 0 atom stereocenters. The van der Waals surface area contributed by atoms with Crippen molar-refractivity contribution in [1.82, 2.24) is 0 Å². The van der Waals surface area contributed by atoms with Crippen LogP contribution in [0.25, 0.3) is 0 Å². The number of hydrogen-bond acceptors (Lipinski definition) is 0. The summed E-state index contributed by atoms with van der Waals surface area (Å²) in [6.07, 6.45) is 8.13. The van der Waals surface area contributed by atoms with Gasteiger partial charge in [0.15, 0.2) is 0 Å². The molecule has 0 amide bonds. The second-order valence-corrected chi connectivity index (χ2v) is 4.95. The van der Waals surface area contributed by atoms with Crippen LogP contribution in [-0.4, -0.2) is 0 Å². The molecule has 0 fully saturated rings. The lowest BCUT2D eigenvalue weighted by molar-refractivity contribution is 0.666. The van der Waals surface area contributed by atoms with E-state index in [1.165, 1.54) is 31.3 Å². The minimum Gasteiger partial charge on any atom is -0.100 e. The molecule has 0 rings (SSSR count). The monoisotopic (exact) mass is 232 g/mol. The normalized spacial score (nSPS) is 10.0. The van der Waals surface area contributed by atoms with Crippen LogP contribution in [0.4, 0.5) is 0 Å². The fourth-order valence-electron chi connectivity index (χ4n) is 1.68. The zero-order valence-electron chi connectivity index (χ0n) is 11.8. The maximum atomic E-state index is 4.12. The summed E-state index contributed by atoms with van der Waals surface area (Å²) < 4.78 is 0. The van der Waals surface area contributed by atoms with Gasteiger partial charge in [-0.05, 0) is 49.3 Å². The van der Waals surface area contributed by atoms with Crippen LogP contribution in [0.5, 0.6) is 0 Å². The quantitative estimate of drug-likeness (QED) is 0.247. The van der Waals surface area contributed by atoms with Crippen molar-refractivity contribution in [1.29, 1.82) is 0 Å². The van der Waals surface area contributed by atoms with E-state index in [9.17, 15) is 0 Å². The van der Waals surface area contributed by atoms with Gasteiger partial charge in [-0.15, -0.1) is 6.58 Å². The van der Waals surface area contributed by atoms with E-state index in [1.54, 1.807) is 0 Å². The highest BCUT2D eigenvalue weighted by molar-refractivity contribution is 5.41. The highest BCUT2D eigenvalue weighted by Crippen LogP contribution is 2.24. The maximum absolute atomic E-state index is 4.12. The summed E-state index contributed by atoms with van der Waals surface area (Å²) in [4.78, 5) is 0. The molecular weight excluding hydrogens is 204 g/mol. The third kappa shape index (κ3) is 7.79. The topological polar surface area (TPSA) is 0 Å². The fourth-order valence-corrected chi connectivity index (χ4v) is 1.68. The summed E-state index contributed by atoms with van der Waals surface area (Å²) in [5, 5.41) is 0. The first kappa shape index (κ1) is 16.0. The molecule has 0 aliphatic rings. The molecule has 0 saturated carbocycles. The Labute approximate surface area is 108 Å². The van der Waals surface area contributed by atoms with Crippen LogP contribution in [0.2, 0.25) is 0 Å². The first-order chi connectivity index (χ1) is 7.99. The predicted octanol–water partition coefficient (Wildman–Crippen LogP) is 5.98. The van der Waals surface area contributed by atoms with Crippen LogP contribution in [-0.2, 0) is 0 Å². The van der Waals surface area contributed by atoms with E-state index in [1.807, 2.05) is 0 Å². The molecule has 0 heterocycles. The largest absolute Gasteiger partial charge is 0.100 e. The molecule has 0 spiro atoms. The minimum atomic E-state index is 0.960. The summed E-state index contributed by atoms with van der Waals surface area (Å²) in [5.74, 6) is 0. The number of unbranched alkanes of at least 4 members (excludes halogenated alkanes) is 3. The molecule has 96 valence electrons. The van der Waals surface area contributed by atoms with Crippen molar-refractivity contribution in [3.05, 3.63) is 48.6 Å². The highest BCUT2D eigenvalue weighted by Gasteiger charge is 2.04. The second kappa shape index (κ2) is 9.04. The predicted molar refractivity (Wildman–Crippen MR) is 80.2 cm³/mol. The Bertz CT molecular complexity index is 291. The zero-order valence-corrected chi connectivity index (χ0v) is 11.8. The average molecular weight is 232 g/mol. The molecule has 17 heavy (non-hydrogen) atoms.